The minimum atomic E-state index is -4.52. The van der Waals surface area contributed by atoms with Gasteiger partial charge in [-0.15, -0.1) is 0 Å². The van der Waals surface area contributed by atoms with Crippen LogP contribution in [0.1, 0.15) is 12.5 Å². The van der Waals surface area contributed by atoms with Crippen LogP contribution in [0.5, 0.6) is 0 Å². The maximum absolute atomic E-state index is 13.1. The van der Waals surface area contributed by atoms with Crippen molar-refractivity contribution in [2.24, 2.45) is 0 Å². The van der Waals surface area contributed by atoms with Gasteiger partial charge in [-0.25, -0.2) is 13.2 Å². The highest BCUT2D eigenvalue weighted by Crippen LogP contribution is 2.33. The number of sulfone groups is 1. The Morgan fingerprint density at radius 2 is 1.60 bits per heavy atom. The molecule has 3 aromatic rings. The molecule has 156 valence electrons. The molecule has 0 aliphatic rings. The molecule has 0 bridgehead atoms. The number of aromatic nitrogens is 1. The first kappa shape index (κ1) is 21.7. The molecule has 2 aromatic carbocycles. The van der Waals surface area contributed by atoms with Crippen molar-refractivity contribution in [3.63, 3.8) is 0 Å². The molecule has 30 heavy (non-hydrogen) atoms. The molecule has 10 heteroatoms. The minimum absolute atomic E-state index is 0.0324. The zero-order chi connectivity index (χ0) is 22.1. The summed E-state index contributed by atoms with van der Waals surface area (Å²) < 4.78 is 65.5. The Kier molecular flexibility index (Phi) is 5.82. The van der Waals surface area contributed by atoms with Crippen molar-refractivity contribution in [1.82, 2.24) is 4.73 Å². The molecule has 0 aliphatic heterocycles. The summed E-state index contributed by atoms with van der Waals surface area (Å²) >= 11 is 5.35. The minimum Gasteiger partial charge on any atom is -0.337 e. The molecule has 3 rings (SSSR count). The average molecular weight is 453 g/mol. The molecule has 1 heterocycles. The fourth-order valence-corrected chi connectivity index (χ4v) is 4.61. The average Bonchev–Trinajstić information content (AvgIpc) is 2.69. The van der Waals surface area contributed by atoms with Gasteiger partial charge in [0.1, 0.15) is 4.90 Å². The summed E-state index contributed by atoms with van der Waals surface area (Å²) in [6, 6.07) is 11.5. The lowest BCUT2D eigenvalue weighted by Gasteiger charge is -2.14. The molecule has 0 amide bonds. The van der Waals surface area contributed by atoms with Crippen molar-refractivity contribution in [2.75, 3.05) is 0 Å². The van der Waals surface area contributed by atoms with Crippen molar-refractivity contribution in [3.05, 3.63) is 77.1 Å². The van der Waals surface area contributed by atoms with Crippen LogP contribution >= 0.6 is 12.2 Å². The van der Waals surface area contributed by atoms with Gasteiger partial charge in [-0.3, -0.25) is 0 Å². The molecule has 1 aromatic heterocycles. The van der Waals surface area contributed by atoms with Crippen molar-refractivity contribution < 1.29 is 31.2 Å². The standard InChI is InChI=1S/C20H14F3NO4S2/c1-13(25)28-24-11-17(14-7-9-15(10-8-14)20(21,22)23)19(29)18(12-24)30(26,27)16-5-3-2-4-6-16/h2-12H,1H3. The Hall–Kier alpha value is -2.98. The van der Waals surface area contributed by atoms with Crippen LogP contribution in [0.2, 0.25) is 0 Å². The summed E-state index contributed by atoms with van der Waals surface area (Å²) in [4.78, 5) is 16.0. The van der Waals surface area contributed by atoms with E-state index in [1.165, 1.54) is 42.6 Å². The van der Waals surface area contributed by atoms with E-state index in [-0.39, 0.29) is 25.4 Å². The number of pyridine rings is 1. The number of halogens is 3. The molecule has 0 radical (unpaired) electrons. The van der Waals surface area contributed by atoms with Crippen molar-refractivity contribution in [1.29, 1.82) is 0 Å². The molecule has 0 spiro atoms. The summed E-state index contributed by atoms with van der Waals surface area (Å²) in [7, 11) is -4.09. The first-order valence-corrected chi connectivity index (χ1v) is 10.3. The number of nitrogens with zero attached hydrogens (tertiary/aromatic N) is 1. The summed E-state index contributed by atoms with van der Waals surface area (Å²) in [5.74, 6) is -0.724. The predicted molar refractivity (Wildman–Crippen MR) is 105 cm³/mol. The number of carbonyl (C=O) groups excluding carboxylic acids is 1. The molecule has 0 fully saturated rings. The quantitative estimate of drug-likeness (QED) is 0.536. The van der Waals surface area contributed by atoms with Crippen LogP contribution in [0, 0.1) is 4.51 Å². The van der Waals surface area contributed by atoms with E-state index in [9.17, 15) is 26.4 Å². The Morgan fingerprint density at radius 1 is 1.00 bits per heavy atom. The normalized spacial score (nSPS) is 11.9. The molecule has 0 saturated heterocycles. The van der Waals surface area contributed by atoms with Gasteiger partial charge >= 0.3 is 12.1 Å². The van der Waals surface area contributed by atoms with Crippen molar-refractivity contribution in [3.8, 4) is 11.1 Å². The zero-order valence-electron chi connectivity index (χ0n) is 15.4. The highest BCUT2D eigenvalue weighted by Gasteiger charge is 2.30. The lowest BCUT2D eigenvalue weighted by atomic mass is 10.1. The van der Waals surface area contributed by atoms with Crippen LogP contribution in [-0.2, 0) is 20.8 Å². The lowest BCUT2D eigenvalue weighted by Crippen LogP contribution is -2.18. The maximum atomic E-state index is 13.1. The van der Waals surface area contributed by atoms with Gasteiger partial charge in [0.15, 0.2) is 0 Å². The number of benzene rings is 2. The number of carbonyl (C=O) groups is 1. The highest BCUT2D eigenvalue weighted by molar-refractivity contribution is 7.91. The summed E-state index contributed by atoms with van der Waals surface area (Å²) in [6.45, 7) is 1.12. The molecule has 0 unspecified atom stereocenters. The van der Waals surface area contributed by atoms with Gasteiger partial charge < -0.3 is 4.84 Å². The molecule has 0 atom stereocenters. The van der Waals surface area contributed by atoms with Gasteiger partial charge in [0.25, 0.3) is 0 Å². The van der Waals surface area contributed by atoms with E-state index in [0.29, 0.717) is 0 Å². The van der Waals surface area contributed by atoms with Crippen molar-refractivity contribution in [2.45, 2.75) is 22.9 Å². The second-order valence-corrected chi connectivity index (χ2v) is 8.53. The number of hydrogen-bond donors (Lipinski definition) is 0. The van der Waals surface area contributed by atoms with Crippen LogP contribution < -0.4 is 4.84 Å². The van der Waals surface area contributed by atoms with E-state index in [0.717, 1.165) is 30.0 Å². The SMILES string of the molecule is CC(=O)On1cc(-c2ccc(C(F)(F)F)cc2)c(=S)c(S(=O)(=O)c2ccccc2)c1. The van der Waals surface area contributed by atoms with Crippen LogP contribution in [0.15, 0.2) is 76.8 Å². The number of hydrogen-bond acceptors (Lipinski definition) is 5. The maximum Gasteiger partial charge on any atom is 0.416 e. The summed E-state index contributed by atoms with van der Waals surface area (Å²) in [6.07, 6.45) is -2.22. The number of rotatable bonds is 4. The van der Waals surface area contributed by atoms with Crippen LogP contribution in [0.3, 0.4) is 0 Å². The van der Waals surface area contributed by atoms with Gasteiger partial charge in [-0.05, 0) is 29.8 Å². The van der Waals surface area contributed by atoms with Gasteiger partial charge in [-0.1, -0.05) is 42.5 Å². The van der Waals surface area contributed by atoms with Gasteiger partial charge in [0.2, 0.25) is 9.84 Å². The molecule has 0 aliphatic carbocycles. The third-order valence-corrected chi connectivity index (χ3v) is 6.42. The van der Waals surface area contributed by atoms with Crippen LogP contribution in [0.4, 0.5) is 13.2 Å². The molecule has 0 saturated carbocycles. The molecule has 5 nitrogen and oxygen atoms in total. The first-order chi connectivity index (χ1) is 14.0. The van der Waals surface area contributed by atoms with E-state index in [2.05, 4.69) is 0 Å². The third kappa shape index (κ3) is 4.44. The van der Waals surface area contributed by atoms with Gasteiger partial charge in [-0.2, -0.15) is 17.9 Å². The fourth-order valence-electron chi connectivity index (χ4n) is 2.69. The van der Waals surface area contributed by atoms with Gasteiger partial charge in [0.05, 0.1) is 27.4 Å². The number of alkyl halides is 3. The largest absolute Gasteiger partial charge is 0.416 e. The van der Waals surface area contributed by atoms with E-state index in [4.69, 9.17) is 17.1 Å². The highest BCUT2D eigenvalue weighted by atomic mass is 32.2. The Labute approximate surface area is 175 Å². The fraction of sp³-hybridized carbons (Fsp3) is 0.100. The van der Waals surface area contributed by atoms with E-state index in [1.54, 1.807) is 6.07 Å². The Balaban J connectivity index is 2.23. The van der Waals surface area contributed by atoms with E-state index < -0.39 is 27.5 Å². The van der Waals surface area contributed by atoms with E-state index >= 15 is 0 Å². The van der Waals surface area contributed by atoms with Gasteiger partial charge in [0, 0.05) is 12.5 Å². The smallest absolute Gasteiger partial charge is 0.337 e. The second kappa shape index (κ2) is 8.04. The Bertz CT molecular complexity index is 1250. The van der Waals surface area contributed by atoms with Crippen LogP contribution in [0.25, 0.3) is 11.1 Å². The summed E-state index contributed by atoms with van der Waals surface area (Å²) in [5, 5.41) is 0. The predicted octanol–water partition coefficient (Wildman–Crippen LogP) is 4.71. The third-order valence-electron chi connectivity index (χ3n) is 4.07. The van der Waals surface area contributed by atoms with Crippen LogP contribution in [-0.4, -0.2) is 19.1 Å². The molecule has 0 N–H and O–H groups in total. The van der Waals surface area contributed by atoms with E-state index in [1.807, 2.05) is 0 Å². The Morgan fingerprint density at radius 3 is 2.13 bits per heavy atom. The molecular formula is C20H14F3NO4S2. The first-order valence-electron chi connectivity index (χ1n) is 8.43. The van der Waals surface area contributed by atoms with Crippen molar-refractivity contribution >= 4 is 28.0 Å². The lowest BCUT2D eigenvalue weighted by molar-refractivity contribution is -0.141. The zero-order valence-corrected chi connectivity index (χ0v) is 17.0. The molecular weight excluding hydrogens is 439 g/mol. The topological polar surface area (TPSA) is 65.4 Å². The monoisotopic (exact) mass is 453 g/mol. The second-order valence-electron chi connectivity index (χ2n) is 6.20. The summed E-state index contributed by atoms with van der Waals surface area (Å²) in [5.41, 5.74) is -0.505.